The first kappa shape index (κ1) is 8.91. The number of ether oxygens (including phenoxy) is 1. The van der Waals surface area contributed by atoms with Crippen LogP contribution in [-0.2, 0) is 9.53 Å². The van der Waals surface area contributed by atoms with Crippen molar-refractivity contribution in [1.29, 1.82) is 0 Å². The number of hydrogen-bond donors (Lipinski definition) is 1. The number of carbonyl (C=O) groups is 1. The van der Waals surface area contributed by atoms with Crippen LogP contribution >= 0.6 is 0 Å². The van der Waals surface area contributed by atoms with Crippen LogP contribution in [0, 0.1) is 0 Å². The molecule has 10 heavy (non-hydrogen) atoms. The highest BCUT2D eigenvalue weighted by Gasteiger charge is 2.11. The Bertz CT molecular complexity index is 140. The average Bonchev–Trinajstić information content (AvgIpc) is 1.89. The smallest absolute Gasteiger partial charge is 0.336 e. The Morgan fingerprint density at radius 3 is 2.60 bits per heavy atom. The lowest BCUT2D eigenvalue weighted by molar-refractivity contribution is -0.146. The molecule has 0 heterocycles. The molecular weight excluding hydrogens is 132 g/mol. The SMILES string of the molecule is C=CCOC(C=C)C(=O)O. The zero-order chi connectivity index (χ0) is 7.98. The minimum absolute atomic E-state index is 0.225. The maximum Gasteiger partial charge on any atom is 0.336 e. The molecule has 0 aliphatic rings. The second-order valence-electron chi connectivity index (χ2n) is 1.62. The molecule has 1 N–H and O–H groups in total. The molecule has 1 unspecified atom stereocenters. The summed E-state index contributed by atoms with van der Waals surface area (Å²) in [6.45, 7) is 6.89. The van der Waals surface area contributed by atoms with Gasteiger partial charge in [-0.3, -0.25) is 0 Å². The van der Waals surface area contributed by atoms with Crippen LogP contribution in [-0.4, -0.2) is 23.8 Å². The van der Waals surface area contributed by atoms with Crippen molar-refractivity contribution >= 4 is 5.97 Å². The fraction of sp³-hybridized carbons (Fsp3) is 0.286. The molecule has 0 aliphatic heterocycles. The van der Waals surface area contributed by atoms with Gasteiger partial charge in [0.1, 0.15) is 0 Å². The van der Waals surface area contributed by atoms with Crippen molar-refractivity contribution < 1.29 is 14.6 Å². The van der Waals surface area contributed by atoms with Gasteiger partial charge in [-0.2, -0.15) is 0 Å². The van der Waals surface area contributed by atoms with Crippen LogP contribution in [0.4, 0.5) is 0 Å². The lowest BCUT2D eigenvalue weighted by Crippen LogP contribution is -2.20. The third kappa shape index (κ3) is 3.04. The van der Waals surface area contributed by atoms with E-state index in [2.05, 4.69) is 13.2 Å². The van der Waals surface area contributed by atoms with Crippen LogP contribution in [0.15, 0.2) is 25.3 Å². The van der Waals surface area contributed by atoms with Crippen molar-refractivity contribution in [3.05, 3.63) is 25.3 Å². The van der Waals surface area contributed by atoms with Gasteiger partial charge in [-0.1, -0.05) is 18.7 Å². The van der Waals surface area contributed by atoms with Crippen molar-refractivity contribution in [3.8, 4) is 0 Å². The third-order valence-corrected chi connectivity index (χ3v) is 0.851. The average molecular weight is 142 g/mol. The van der Waals surface area contributed by atoms with Crippen LogP contribution in [0.25, 0.3) is 0 Å². The summed E-state index contributed by atoms with van der Waals surface area (Å²) in [6, 6.07) is 0. The lowest BCUT2D eigenvalue weighted by atomic mass is 10.3. The molecule has 0 fully saturated rings. The van der Waals surface area contributed by atoms with Gasteiger partial charge in [-0.15, -0.1) is 6.58 Å². The van der Waals surface area contributed by atoms with Gasteiger partial charge in [-0.25, -0.2) is 4.79 Å². The summed E-state index contributed by atoms with van der Waals surface area (Å²) in [4.78, 5) is 10.2. The second kappa shape index (κ2) is 4.76. The van der Waals surface area contributed by atoms with E-state index in [-0.39, 0.29) is 6.61 Å². The highest BCUT2D eigenvalue weighted by Crippen LogP contribution is 1.92. The molecule has 0 aromatic rings. The zero-order valence-corrected chi connectivity index (χ0v) is 5.62. The molecule has 0 bridgehead atoms. The van der Waals surface area contributed by atoms with E-state index in [1.165, 1.54) is 12.2 Å². The lowest BCUT2D eigenvalue weighted by Gasteiger charge is -2.05. The van der Waals surface area contributed by atoms with Crippen LogP contribution in [0.1, 0.15) is 0 Å². The monoisotopic (exact) mass is 142 g/mol. The van der Waals surface area contributed by atoms with E-state index in [1.807, 2.05) is 0 Å². The summed E-state index contributed by atoms with van der Waals surface area (Å²) >= 11 is 0. The van der Waals surface area contributed by atoms with Crippen molar-refractivity contribution in [2.75, 3.05) is 6.61 Å². The number of rotatable bonds is 5. The fourth-order valence-electron chi connectivity index (χ4n) is 0.412. The molecule has 0 spiro atoms. The summed E-state index contributed by atoms with van der Waals surface area (Å²) in [5, 5.41) is 8.37. The molecule has 0 amide bonds. The van der Waals surface area contributed by atoms with E-state index in [4.69, 9.17) is 9.84 Å². The number of hydrogen-bond acceptors (Lipinski definition) is 2. The van der Waals surface area contributed by atoms with Crippen molar-refractivity contribution in [3.63, 3.8) is 0 Å². The summed E-state index contributed by atoms with van der Waals surface area (Å²) in [6.07, 6.45) is 1.80. The topological polar surface area (TPSA) is 46.5 Å². The standard InChI is InChI=1S/C7H10O3/c1-3-5-10-6(4-2)7(8)9/h3-4,6H,1-2,5H2,(H,8,9). The Morgan fingerprint density at radius 1 is 1.70 bits per heavy atom. The normalized spacial score (nSPS) is 12.0. The Kier molecular flexibility index (Phi) is 4.24. The minimum atomic E-state index is -1.03. The maximum absolute atomic E-state index is 10.2. The fourth-order valence-corrected chi connectivity index (χ4v) is 0.412. The molecule has 3 nitrogen and oxygen atoms in total. The molecule has 0 aliphatic carbocycles. The molecule has 0 radical (unpaired) electrons. The molecule has 1 atom stereocenters. The van der Waals surface area contributed by atoms with Gasteiger partial charge in [0, 0.05) is 0 Å². The Labute approximate surface area is 59.6 Å². The maximum atomic E-state index is 10.2. The molecule has 0 rings (SSSR count). The molecule has 56 valence electrons. The number of carboxylic acid groups (broad SMARTS) is 1. The Morgan fingerprint density at radius 2 is 2.30 bits per heavy atom. The molecule has 0 saturated carbocycles. The van der Waals surface area contributed by atoms with Crippen molar-refractivity contribution in [1.82, 2.24) is 0 Å². The summed E-state index contributed by atoms with van der Waals surface area (Å²) in [5.74, 6) is -1.03. The van der Waals surface area contributed by atoms with Gasteiger partial charge in [0.15, 0.2) is 6.10 Å². The van der Waals surface area contributed by atoms with E-state index in [0.717, 1.165) is 0 Å². The van der Waals surface area contributed by atoms with Gasteiger partial charge < -0.3 is 9.84 Å². The third-order valence-electron chi connectivity index (χ3n) is 0.851. The van der Waals surface area contributed by atoms with Gasteiger partial charge in [0.2, 0.25) is 0 Å². The van der Waals surface area contributed by atoms with E-state index >= 15 is 0 Å². The first-order valence-electron chi connectivity index (χ1n) is 2.80. The van der Waals surface area contributed by atoms with Crippen molar-refractivity contribution in [2.45, 2.75) is 6.10 Å². The summed E-state index contributed by atoms with van der Waals surface area (Å²) in [7, 11) is 0. The highest BCUT2D eigenvalue weighted by atomic mass is 16.5. The van der Waals surface area contributed by atoms with Gasteiger partial charge >= 0.3 is 5.97 Å². The van der Waals surface area contributed by atoms with Gasteiger partial charge in [-0.05, 0) is 0 Å². The first-order valence-corrected chi connectivity index (χ1v) is 2.80. The van der Waals surface area contributed by atoms with E-state index in [9.17, 15) is 4.79 Å². The predicted octanol–water partition coefficient (Wildman–Crippen LogP) is 0.828. The van der Waals surface area contributed by atoms with Crippen LogP contribution < -0.4 is 0 Å². The molecule has 0 aromatic heterocycles. The number of aliphatic carboxylic acids is 1. The second-order valence-corrected chi connectivity index (χ2v) is 1.62. The number of carboxylic acids is 1. The quantitative estimate of drug-likeness (QED) is 0.578. The zero-order valence-electron chi connectivity index (χ0n) is 5.62. The minimum Gasteiger partial charge on any atom is -0.479 e. The summed E-state index contributed by atoms with van der Waals surface area (Å²) in [5.41, 5.74) is 0. The molecule has 0 saturated heterocycles. The molecule has 3 heteroatoms. The van der Waals surface area contributed by atoms with Gasteiger partial charge in [0.25, 0.3) is 0 Å². The van der Waals surface area contributed by atoms with E-state index < -0.39 is 12.1 Å². The van der Waals surface area contributed by atoms with Crippen LogP contribution in [0.2, 0.25) is 0 Å². The van der Waals surface area contributed by atoms with E-state index in [1.54, 1.807) is 0 Å². The van der Waals surface area contributed by atoms with Crippen LogP contribution in [0.3, 0.4) is 0 Å². The first-order chi connectivity index (χ1) is 4.72. The Balaban J connectivity index is 3.71. The Hall–Kier alpha value is -1.09. The molecule has 0 aromatic carbocycles. The van der Waals surface area contributed by atoms with Crippen molar-refractivity contribution in [2.24, 2.45) is 0 Å². The predicted molar refractivity (Wildman–Crippen MR) is 37.8 cm³/mol. The molecular formula is C7H10O3. The summed E-state index contributed by atoms with van der Waals surface area (Å²) < 4.78 is 4.77. The van der Waals surface area contributed by atoms with Crippen LogP contribution in [0.5, 0.6) is 0 Å². The van der Waals surface area contributed by atoms with Gasteiger partial charge in [0.05, 0.1) is 6.61 Å². The largest absolute Gasteiger partial charge is 0.479 e. The highest BCUT2D eigenvalue weighted by molar-refractivity contribution is 5.74. The van der Waals surface area contributed by atoms with E-state index in [0.29, 0.717) is 0 Å².